The molecule has 1 N–H and O–H groups in total. The molecule has 0 spiro atoms. The van der Waals surface area contributed by atoms with Crippen molar-refractivity contribution in [2.45, 2.75) is 52.4 Å². The van der Waals surface area contributed by atoms with Crippen LogP contribution in [0.3, 0.4) is 0 Å². The van der Waals surface area contributed by atoms with E-state index in [0.29, 0.717) is 13.1 Å². The molecular weight excluding hydrogens is 320 g/mol. The van der Waals surface area contributed by atoms with Crippen molar-refractivity contribution in [3.8, 4) is 0 Å². The molecule has 0 aromatic heterocycles. The average Bonchev–Trinajstić information content (AvgIpc) is 2.94. The van der Waals surface area contributed by atoms with Gasteiger partial charge >= 0.3 is 12.2 Å². The highest BCUT2D eigenvalue weighted by Crippen LogP contribution is 2.22. The van der Waals surface area contributed by atoms with Gasteiger partial charge in [0.15, 0.2) is 0 Å². The van der Waals surface area contributed by atoms with E-state index in [1.165, 1.54) is 0 Å². The van der Waals surface area contributed by atoms with Crippen molar-refractivity contribution < 1.29 is 19.1 Å². The van der Waals surface area contributed by atoms with Gasteiger partial charge in [0.05, 0.1) is 6.04 Å². The molecule has 6 heteroatoms. The number of nitrogens with one attached hydrogen (secondary N) is 1. The second-order valence-corrected chi connectivity index (χ2v) is 7.37. The maximum absolute atomic E-state index is 12.3. The molecule has 2 amide bonds. The number of rotatable bonds is 4. The van der Waals surface area contributed by atoms with Crippen molar-refractivity contribution in [1.82, 2.24) is 10.2 Å². The van der Waals surface area contributed by atoms with Crippen LogP contribution in [0, 0.1) is 5.92 Å². The lowest BCUT2D eigenvalue weighted by atomic mass is 10.0. The van der Waals surface area contributed by atoms with E-state index in [9.17, 15) is 9.59 Å². The predicted molar refractivity (Wildman–Crippen MR) is 95.1 cm³/mol. The molecule has 1 fully saturated rings. The molecule has 1 aliphatic heterocycles. The molecule has 1 aromatic carbocycles. The van der Waals surface area contributed by atoms with Crippen molar-refractivity contribution in [1.29, 1.82) is 0 Å². The van der Waals surface area contributed by atoms with Crippen LogP contribution in [0.1, 0.15) is 39.7 Å². The van der Waals surface area contributed by atoms with E-state index >= 15 is 0 Å². The maximum atomic E-state index is 12.3. The lowest BCUT2D eigenvalue weighted by Crippen LogP contribution is -2.43. The zero-order chi connectivity index (χ0) is 18.4. The number of likely N-dealkylation sites (tertiary alicyclic amines) is 1. The Kier molecular flexibility index (Phi) is 6.28. The first-order valence-electron chi connectivity index (χ1n) is 8.73. The van der Waals surface area contributed by atoms with Crippen molar-refractivity contribution in [2.24, 2.45) is 5.92 Å². The highest BCUT2D eigenvalue weighted by atomic mass is 16.6. The Balaban J connectivity index is 1.87. The van der Waals surface area contributed by atoms with Gasteiger partial charge in [-0.25, -0.2) is 9.59 Å². The van der Waals surface area contributed by atoms with Crippen molar-refractivity contribution in [3.63, 3.8) is 0 Å². The first kappa shape index (κ1) is 19.1. The van der Waals surface area contributed by atoms with Gasteiger partial charge in [-0.2, -0.15) is 0 Å². The summed E-state index contributed by atoms with van der Waals surface area (Å²) in [6.45, 7) is 8.78. The second-order valence-electron chi connectivity index (χ2n) is 7.37. The van der Waals surface area contributed by atoms with E-state index in [0.717, 1.165) is 12.0 Å². The van der Waals surface area contributed by atoms with E-state index in [1.54, 1.807) is 4.90 Å². The molecule has 2 atom stereocenters. The molecule has 0 unspecified atom stereocenters. The summed E-state index contributed by atoms with van der Waals surface area (Å²) < 4.78 is 10.7. The summed E-state index contributed by atoms with van der Waals surface area (Å²) in [4.78, 5) is 25.9. The van der Waals surface area contributed by atoms with Gasteiger partial charge in [0.2, 0.25) is 0 Å². The van der Waals surface area contributed by atoms with Crippen LogP contribution >= 0.6 is 0 Å². The predicted octanol–water partition coefficient (Wildman–Crippen LogP) is 3.56. The summed E-state index contributed by atoms with van der Waals surface area (Å²) in [5, 5.41) is 2.88. The fourth-order valence-electron chi connectivity index (χ4n) is 2.87. The average molecular weight is 348 g/mol. The Morgan fingerprint density at radius 2 is 1.88 bits per heavy atom. The van der Waals surface area contributed by atoms with E-state index in [1.807, 2.05) is 58.0 Å². The third-order valence-corrected chi connectivity index (χ3v) is 4.13. The van der Waals surface area contributed by atoms with E-state index < -0.39 is 11.7 Å². The minimum absolute atomic E-state index is 0.121. The molecule has 6 nitrogen and oxygen atoms in total. The van der Waals surface area contributed by atoms with Crippen LogP contribution in [-0.2, 0) is 16.1 Å². The van der Waals surface area contributed by atoms with Crippen molar-refractivity contribution in [2.75, 3.05) is 13.1 Å². The van der Waals surface area contributed by atoms with E-state index in [-0.39, 0.29) is 24.7 Å². The summed E-state index contributed by atoms with van der Waals surface area (Å²) in [5.74, 6) is 0.191. The standard InChI is InChI=1S/C19H28N2O4/c1-5-15-11-21(12-16(15)20-17(22)25-19(2,3)4)18(23)24-13-14-9-7-6-8-10-14/h6-10,15-16H,5,11-13H2,1-4H3,(H,20,22)/t15-,16-/m0/s1. The minimum Gasteiger partial charge on any atom is -0.445 e. The molecule has 25 heavy (non-hydrogen) atoms. The number of nitrogens with zero attached hydrogens (tertiary/aromatic N) is 1. The lowest BCUT2D eigenvalue weighted by molar-refractivity contribution is 0.0493. The second kappa shape index (κ2) is 8.23. The number of benzene rings is 1. The van der Waals surface area contributed by atoms with Gasteiger partial charge in [-0.3, -0.25) is 0 Å². The summed E-state index contributed by atoms with van der Waals surface area (Å²) in [5.41, 5.74) is 0.407. The van der Waals surface area contributed by atoms with Gasteiger partial charge in [-0.05, 0) is 38.7 Å². The first-order chi connectivity index (χ1) is 11.8. The maximum Gasteiger partial charge on any atom is 0.410 e. The number of hydrogen-bond acceptors (Lipinski definition) is 4. The van der Waals surface area contributed by atoms with Crippen molar-refractivity contribution >= 4 is 12.2 Å². The van der Waals surface area contributed by atoms with E-state index in [4.69, 9.17) is 9.47 Å². The summed E-state index contributed by atoms with van der Waals surface area (Å²) in [6.07, 6.45) is 0.0642. The van der Waals surface area contributed by atoms with Gasteiger partial charge < -0.3 is 19.7 Å². The van der Waals surface area contributed by atoms with Gasteiger partial charge in [-0.15, -0.1) is 0 Å². The molecule has 1 aromatic rings. The van der Waals surface area contributed by atoms with E-state index in [2.05, 4.69) is 5.32 Å². The topological polar surface area (TPSA) is 67.9 Å². The quantitative estimate of drug-likeness (QED) is 0.903. The van der Waals surface area contributed by atoms with Crippen LogP contribution in [0.4, 0.5) is 9.59 Å². The third kappa shape index (κ3) is 5.96. The molecule has 1 saturated heterocycles. The molecular formula is C19H28N2O4. The molecule has 1 aliphatic rings. The Labute approximate surface area is 149 Å². The largest absolute Gasteiger partial charge is 0.445 e. The molecule has 1 heterocycles. The molecule has 0 radical (unpaired) electrons. The SMILES string of the molecule is CC[C@H]1CN(C(=O)OCc2ccccc2)C[C@@H]1NC(=O)OC(C)(C)C. The zero-order valence-electron chi connectivity index (χ0n) is 15.5. The molecule has 0 aliphatic carbocycles. The molecule has 2 rings (SSSR count). The lowest BCUT2D eigenvalue weighted by Gasteiger charge is -2.23. The van der Waals surface area contributed by atoms with Crippen LogP contribution in [0.2, 0.25) is 0 Å². The Morgan fingerprint density at radius 3 is 2.48 bits per heavy atom. The van der Waals surface area contributed by atoms with Crippen LogP contribution in [-0.4, -0.2) is 41.8 Å². The van der Waals surface area contributed by atoms with Crippen molar-refractivity contribution in [3.05, 3.63) is 35.9 Å². The van der Waals surface area contributed by atoms with Gasteiger partial charge in [0, 0.05) is 13.1 Å². The molecule has 138 valence electrons. The van der Waals surface area contributed by atoms with Crippen LogP contribution in [0.15, 0.2) is 30.3 Å². The van der Waals surface area contributed by atoms with Crippen LogP contribution in [0.25, 0.3) is 0 Å². The normalized spacial score (nSPS) is 20.2. The van der Waals surface area contributed by atoms with Crippen LogP contribution in [0.5, 0.6) is 0 Å². The number of alkyl carbamates (subject to hydrolysis) is 1. The Morgan fingerprint density at radius 1 is 1.20 bits per heavy atom. The Bertz CT molecular complexity index is 583. The highest BCUT2D eigenvalue weighted by Gasteiger charge is 2.36. The molecule has 0 saturated carbocycles. The fraction of sp³-hybridized carbons (Fsp3) is 0.579. The minimum atomic E-state index is -0.543. The smallest absolute Gasteiger partial charge is 0.410 e. The zero-order valence-corrected chi connectivity index (χ0v) is 15.5. The Hall–Kier alpha value is -2.24. The first-order valence-corrected chi connectivity index (χ1v) is 8.73. The fourth-order valence-corrected chi connectivity index (χ4v) is 2.87. The third-order valence-electron chi connectivity index (χ3n) is 4.13. The summed E-state index contributed by atoms with van der Waals surface area (Å²) >= 11 is 0. The monoisotopic (exact) mass is 348 g/mol. The van der Waals surface area contributed by atoms with Crippen LogP contribution < -0.4 is 5.32 Å². The highest BCUT2D eigenvalue weighted by molar-refractivity contribution is 5.70. The number of carbonyl (C=O) groups is 2. The molecule has 0 bridgehead atoms. The summed E-state index contributed by atoms with van der Waals surface area (Å²) in [6, 6.07) is 9.45. The van der Waals surface area contributed by atoms with Gasteiger partial charge in [0.25, 0.3) is 0 Å². The number of amides is 2. The number of carbonyl (C=O) groups excluding carboxylic acids is 2. The van der Waals surface area contributed by atoms with Gasteiger partial charge in [0.1, 0.15) is 12.2 Å². The number of ether oxygens (including phenoxy) is 2. The van der Waals surface area contributed by atoms with Gasteiger partial charge in [-0.1, -0.05) is 37.3 Å². The summed E-state index contributed by atoms with van der Waals surface area (Å²) in [7, 11) is 0. The number of hydrogen-bond donors (Lipinski definition) is 1.